The lowest BCUT2D eigenvalue weighted by atomic mass is 10.1. The van der Waals surface area contributed by atoms with Gasteiger partial charge < -0.3 is 14.6 Å². The minimum atomic E-state index is -0.623. The van der Waals surface area contributed by atoms with E-state index in [2.05, 4.69) is 17.9 Å². The summed E-state index contributed by atoms with van der Waals surface area (Å²) in [6.07, 6.45) is -0.623. The Bertz CT molecular complexity index is 1200. The fourth-order valence-corrected chi connectivity index (χ4v) is 3.88. The van der Waals surface area contributed by atoms with Gasteiger partial charge in [-0.05, 0) is 50.1 Å². The molecule has 1 aromatic heterocycles. The zero-order chi connectivity index (χ0) is 21.4. The third kappa shape index (κ3) is 3.49. The number of benzene rings is 2. The van der Waals surface area contributed by atoms with Crippen molar-refractivity contribution in [2.45, 2.75) is 26.9 Å². The number of aryl methyl sites for hydroxylation is 3. The van der Waals surface area contributed by atoms with Crippen molar-refractivity contribution in [1.29, 1.82) is 5.26 Å². The summed E-state index contributed by atoms with van der Waals surface area (Å²) in [5.41, 5.74) is 5.00. The number of anilines is 1. The number of amides is 1. The quantitative estimate of drug-likeness (QED) is 0.579. The number of hydrogen-bond acceptors (Lipinski definition) is 5. The van der Waals surface area contributed by atoms with E-state index in [9.17, 15) is 10.1 Å². The standard InChI is InChI=1S/C24H21N3O2S/c1-14-5-8-17(9-6-14)20-10-11-21(29-20)22-26-23(28)18(13-25)24(30)27(22)19-12-15(2)4-7-16(19)3/h4-12,22,30H,1-3H3,(H,26,28). The largest absolute Gasteiger partial charge is 0.457 e. The molecular formula is C24H21N3O2S. The van der Waals surface area contributed by atoms with Crippen molar-refractivity contribution in [1.82, 2.24) is 5.32 Å². The van der Waals surface area contributed by atoms with Crippen LogP contribution in [-0.2, 0) is 4.79 Å². The molecule has 0 saturated heterocycles. The summed E-state index contributed by atoms with van der Waals surface area (Å²) < 4.78 is 6.14. The number of furan rings is 1. The first-order valence-corrected chi connectivity index (χ1v) is 10.0. The maximum atomic E-state index is 12.6. The molecule has 3 aromatic rings. The highest BCUT2D eigenvalue weighted by molar-refractivity contribution is 7.84. The molecule has 0 saturated carbocycles. The lowest BCUT2D eigenvalue weighted by Gasteiger charge is -2.37. The molecule has 1 atom stereocenters. The predicted molar refractivity (Wildman–Crippen MR) is 120 cm³/mol. The van der Waals surface area contributed by atoms with Crippen LogP contribution in [0.15, 0.2) is 69.6 Å². The number of nitriles is 1. The van der Waals surface area contributed by atoms with Crippen LogP contribution in [0.5, 0.6) is 0 Å². The van der Waals surface area contributed by atoms with Crippen LogP contribution < -0.4 is 10.2 Å². The number of hydrogen-bond donors (Lipinski definition) is 2. The van der Waals surface area contributed by atoms with Gasteiger partial charge in [0, 0.05) is 11.3 Å². The molecule has 0 bridgehead atoms. The highest BCUT2D eigenvalue weighted by Crippen LogP contribution is 2.39. The highest BCUT2D eigenvalue weighted by atomic mass is 32.1. The van der Waals surface area contributed by atoms with Crippen molar-refractivity contribution in [3.8, 4) is 17.4 Å². The van der Waals surface area contributed by atoms with E-state index in [1.807, 2.05) is 86.3 Å². The second-order valence-electron chi connectivity index (χ2n) is 7.41. The maximum absolute atomic E-state index is 12.6. The van der Waals surface area contributed by atoms with Gasteiger partial charge >= 0.3 is 0 Å². The molecule has 6 heteroatoms. The fourth-order valence-electron chi connectivity index (χ4n) is 3.51. The molecule has 5 nitrogen and oxygen atoms in total. The molecule has 0 aliphatic carbocycles. The van der Waals surface area contributed by atoms with E-state index in [1.165, 1.54) is 5.56 Å². The molecule has 1 unspecified atom stereocenters. The zero-order valence-corrected chi connectivity index (χ0v) is 17.8. The van der Waals surface area contributed by atoms with Crippen LogP contribution in [-0.4, -0.2) is 5.91 Å². The van der Waals surface area contributed by atoms with Gasteiger partial charge in [-0.1, -0.05) is 42.0 Å². The number of carbonyl (C=O) groups excluding carboxylic acids is 1. The molecular weight excluding hydrogens is 394 g/mol. The lowest BCUT2D eigenvalue weighted by molar-refractivity contribution is -0.118. The van der Waals surface area contributed by atoms with Gasteiger partial charge in [-0.15, -0.1) is 12.6 Å². The Morgan fingerprint density at radius 1 is 1.03 bits per heavy atom. The van der Waals surface area contributed by atoms with Crippen molar-refractivity contribution in [3.05, 3.63) is 87.7 Å². The first-order valence-electron chi connectivity index (χ1n) is 9.56. The monoisotopic (exact) mass is 415 g/mol. The topological polar surface area (TPSA) is 69.3 Å². The smallest absolute Gasteiger partial charge is 0.266 e. The van der Waals surface area contributed by atoms with Gasteiger partial charge in [0.05, 0.1) is 5.03 Å². The predicted octanol–water partition coefficient (Wildman–Crippen LogP) is 5.17. The van der Waals surface area contributed by atoms with E-state index in [-0.39, 0.29) is 5.57 Å². The van der Waals surface area contributed by atoms with E-state index in [0.717, 1.165) is 22.4 Å². The van der Waals surface area contributed by atoms with Gasteiger partial charge in [0.1, 0.15) is 23.2 Å². The minimum absolute atomic E-state index is 0.0270. The van der Waals surface area contributed by atoms with Crippen molar-refractivity contribution >= 4 is 24.2 Å². The normalized spacial score (nSPS) is 16.4. The average Bonchev–Trinajstić information content (AvgIpc) is 3.21. The van der Waals surface area contributed by atoms with E-state index >= 15 is 0 Å². The summed E-state index contributed by atoms with van der Waals surface area (Å²) in [4.78, 5) is 14.4. The number of nitrogens with zero attached hydrogens (tertiary/aromatic N) is 2. The van der Waals surface area contributed by atoms with Crippen LogP contribution in [0.3, 0.4) is 0 Å². The Morgan fingerprint density at radius 3 is 2.43 bits per heavy atom. The molecule has 2 aromatic carbocycles. The SMILES string of the molecule is Cc1ccc(-c2ccc(C3NC(=O)C(C#N)=C(S)N3c3cc(C)ccc3C)o2)cc1. The average molecular weight is 416 g/mol. The second-order valence-corrected chi connectivity index (χ2v) is 7.84. The number of thiol groups is 1. The molecule has 1 amide bonds. The fraction of sp³-hybridized carbons (Fsp3) is 0.167. The number of rotatable bonds is 3. The molecule has 1 aliphatic rings. The molecule has 4 rings (SSSR count). The van der Waals surface area contributed by atoms with Crippen LogP contribution in [0.4, 0.5) is 5.69 Å². The van der Waals surface area contributed by atoms with Crippen LogP contribution in [0, 0.1) is 32.1 Å². The van der Waals surface area contributed by atoms with E-state index in [0.29, 0.717) is 16.5 Å². The molecule has 1 aliphatic heterocycles. The summed E-state index contributed by atoms with van der Waals surface area (Å²) in [5.74, 6) is 0.793. The Kier molecular flexibility index (Phi) is 5.15. The van der Waals surface area contributed by atoms with Gasteiger partial charge in [-0.25, -0.2) is 0 Å². The van der Waals surface area contributed by atoms with Gasteiger partial charge in [-0.2, -0.15) is 5.26 Å². The molecule has 0 fully saturated rings. The van der Waals surface area contributed by atoms with Gasteiger partial charge in [0.2, 0.25) is 0 Å². The maximum Gasteiger partial charge on any atom is 0.266 e. The Balaban J connectivity index is 1.82. The second kappa shape index (κ2) is 7.77. The summed E-state index contributed by atoms with van der Waals surface area (Å²) >= 11 is 4.56. The Hall–Kier alpha value is -3.43. The summed E-state index contributed by atoms with van der Waals surface area (Å²) in [5, 5.41) is 12.7. The molecule has 0 radical (unpaired) electrons. The van der Waals surface area contributed by atoms with Crippen molar-refractivity contribution in [2.75, 3.05) is 4.90 Å². The Morgan fingerprint density at radius 2 is 1.73 bits per heavy atom. The van der Waals surface area contributed by atoms with Gasteiger partial charge in [0.25, 0.3) is 5.91 Å². The summed E-state index contributed by atoms with van der Waals surface area (Å²) in [6, 6.07) is 19.8. The summed E-state index contributed by atoms with van der Waals surface area (Å²) in [7, 11) is 0. The van der Waals surface area contributed by atoms with E-state index in [4.69, 9.17) is 4.42 Å². The number of carbonyl (C=O) groups is 1. The van der Waals surface area contributed by atoms with Gasteiger partial charge in [-0.3, -0.25) is 4.79 Å². The van der Waals surface area contributed by atoms with Crippen LogP contribution in [0.1, 0.15) is 28.6 Å². The van der Waals surface area contributed by atoms with Crippen LogP contribution in [0.2, 0.25) is 0 Å². The third-order valence-electron chi connectivity index (χ3n) is 5.17. The first-order chi connectivity index (χ1) is 14.4. The van der Waals surface area contributed by atoms with Crippen LogP contribution >= 0.6 is 12.6 Å². The molecule has 2 heterocycles. The van der Waals surface area contributed by atoms with E-state index < -0.39 is 12.1 Å². The highest BCUT2D eigenvalue weighted by Gasteiger charge is 2.36. The lowest BCUT2D eigenvalue weighted by Crippen LogP contribution is -2.46. The van der Waals surface area contributed by atoms with Gasteiger partial charge in [0.15, 0.2) is 6.17 Å². The Labute approximate surface area is 181 Å². The molecule has 0 spiro atoms. The summed E-state index contributed by atoms with van der Waals surface area (Å²) in [6.45, 7) is 6.01. The van der Waals surface area contributed by atoms with Crippen molar-refractivity contribution in [2.24, 2.45) is 0 Å². The number of nitrogens with one attached hydrogen (secondary N) is 1. The van der Waals surface area contributed by atoms with Crippen molar-refractivity contribution in [3.63, 3.8) is 0 Å². The first kappa shape index (κ1) is 19.9. The third-order valence-corrected chi connectivity index (χ3v) is 5.61. The molecule has 150 valence electrons. The molecule has 1 N–H and O–H groups in total. The van der Waals surface area contributed by atoms with E-state index in [1.54, 1.807) is 0 Å². The minimum Gasteiger partial charge on any atom is -0.457 e. The van der Waals surface area contributed by atoms with Crippen LogP contribution in [0.25, 0.3) is 11.3 Å². The van der Waals surface area contributed by atoms with Crippen molar-refractivity contribution < 1.29 is 9.21 Å². The molecule has 30 heavy (non-hydrogen) atoms. The zero-order valence-electron chi connectivity index (χ0n) is 16.9.